The first-order chi connectivity index (χ1) is 13.6. The summed E-state index contributed by atoms with van der Waals surface area (Å²) in [5.74, 6) is -0.665. The Morgan fingerprint density at radius 1 is 1.07 bits per heavy atom. The van der Waals surface area contributed by atoms with E-state index >= 15 is 0 Å². The van der Waals surface area contributed by atoms with Crippen molar-refractivity contribution in [2.24, 2.45) is 0 Å². The average molecular weight is 375 g/mol. The van der Waals surface area contributed by atoms with E-state index in [0.29, 0.717) is 24.2 Å². The summed E-state index contributed by atoms with van der Waals surface area (Å²) in [7, 11) is 0. The van der Waals surface area contributed by atoms with Crippen LogP contribution in [0.1, 0.15) is 39.0 Å². The number of ether oxygens (including phenoxy) is 1. The van der Waals surface area contributed by atoms with Gasteiger partial charge in [-0.15, -0.1) is 0 Å². The van der Waals surface area contributed by atoms with Crippen LogP contribution in [0.3, 0.4) is 0 Å². The van der Waals surface area contributed by atoms with Crippen LogP contribution in [0.5, 0.6) is 0 Å². The summed E-state index contributed by atoms with van der Waals surface area (Å²) in [6, 6.07) is 17.2. The Balaban J connectivity index is 1.83. The lowest BCUT2D eigenvalue weighted by Gasteiger charge is -2.27. The van der Waals surface area contributed by atoms with Gasteiger partial charge in [0.25, 0.3) is 5.91 Å². The zero-order chi connectivity index (χ0) is 19.7. The molecule has 6 heteroatoms. The minimum Gasteiger partial charge on any atom is -0.461 e. The number of aryl methyl sites for hydroxylation is 1. The van der Waals surface area contributed by atoms with Gasteiger partial charge < -0.3 is 9.64 Å². The van der Waals surface area contributed by atoms with Crippen molar-refractivity contribution in [3.05, 3.63) is 77.1 Å². The summed E-state index contributed by atoms with van der Waals surface area (Å²) in [5.41, 5.74) is 3.98. The molecule has 4 rings (SSSR count). The Kier molecular flexibility index (Phi) is 4.69. The highest BCUT2D eigenvalue weighted by atomic mass is 16.5. The number of fused-ring (bicyclic) bond motifs is 1. The smallest absolute Gasteiger partial charge is 0.359 e. The van der Waals surface area contributed by atoms with E-state index in [0.717, 1.165) is 16.9 Å². The molecule has 0 saturated carbocycles. The largest absolute Gasteiger partial charge is 0.461 e. The zero-order valence-electron chi connectivity index (χ0n) is 15.9. The molecule has 2 aromatic carbocycles. The highest BCUT2D eigenvalue weighted by molar-refractivity contribution is 6.09. The van der Waals surface area contributed by atoms with E-state index in [2.05, 4.69) is 5.10 Å². The highest BCUT2D eigenvalue weighted by Crippen LogP contribution is 2.29. The number of carbonyl (C=O) groups is 2. The summed E-state index contributed by atoms with van der Waals surface area (Å²) in [4.78, 5) is 27.6. The van der Waals surface area contributed by atoms with E-state index in [-0.39, 0.29) is 18.2 Å². The SMILES string of the molecule is CCOC(=O)c1nn(-c2ccccc2)c2c1CCN(c1ccc(C)cc1)C2=O. The van der Waals surface area contributed by atoms with Gasteiger partial charge in [0.2, 0.25) is 0 Å². The monoisotopic (exact) mass is 375 g/mol. The first-order valence-corrected chi connectivity index (χ1v) is 9.33. The fraction of sp³-hybridized carbons (Fsp3) is 0.227. The van der Waals surface area contributed by atoms with Gasteiger partial charge in [0, 0.05) is 17.8 Å². The van der Waals surface area contributed by atoms with Gasteiger partial charge >= 0.3 is 5.97 Å². The lowest BCUT2D eigenvalue weighted by Crippen LogP contribution is -2.39. The number of esters is 1. The number of hydrogen-bond acceptors (Lipinski definition) is 4. The second kappa shape index (κ2) is 7.31. The van der Waals surface area contributed by atoms with Crippen LogP contribution in [-0.4, -0.2) is 34.8 Å². The minimum atomic E-state index is -0.495. The summed E-state index contributed by atoms with van der Waals surface area (Å²) < 4.78 is 6.72. The van der Waals surface area contributed by atoms with Gasteiger partial charge in [-0.25, -0.2) is 9.48 Å². The van der Waals surface area contributed by atoms with Gasteiger partial charge in [-0.2, -0.15) is 5.10 Å². The number of hydrogen-bond donors (Lipinski definition) is 0. The molecule has 0 aliphatic carbocycles. The van der Waals surface area contributed by atoms with E-state index in [4.69, 9.17) is 4.74 Å². The molecule has 1 aromatic heterocycles. The van der Waals surface area contributed by atoms with E-state index in [1.165, 1.54) is 0 Å². The maximum Gasteiger partial charge on any atom is 0.359 e. The highest BCUT2D eigenvalue weighted by Gasteiger charge is 2.35. The Labute approximate surface area is 163 Å². The molecule has 3 aromatic rings. The van der Waals surface area contributed by atoms with Crippen molar-refractivity contribution in [3.63, 3.8) is 0 Å². The van der Waals surface area contributed by atoms with Crippen molar-refractivity contribution < 1.29 is 14.3 Å². The molecule has 0 atom stereocenters. The van der Waals surface area contributed by atoms with E-state index in [1.807, 2.05) is 61.5 Å². The molecule has 0 radical (unpaired) electrons. The molecule has 1 aliphatic heterocycles. The number of rotatable bonds is 4. The third-order valence-corrected chi connectivity index (χ3v) is 4.83. The number of aromatic nitrogens is 2. The van der Waals surface area contributed by atoms with Crippen molar-refractivity contribution in [2.45, 2.75) is 20.3 Å². The summed E-state index contributed by atoms with van der Waals surface area (Å²) in [5, 5.41) is 4.47. The third-order valence-electron chi connectivity index (χ3n) is 4.83. The van der Waals surface area contributed by atoms with Crippen LogP contribution in [0.2, 0.25) is 0 Å². The van der Waals surface area contributed by atoms with Gasteiger partial charge in [-0.3, -0.25) is 4.79 Å². The molecule has 0 unspecified atom stereocenters. The van der Waals surface area contributed by atoms with Gasteiger partial charge in [-0.05, 0) is 44.5 Å². The zero-order valence-corrected chi connectivity index (χ0v) is 15.9. The minimum absolute atomic E-state index is 0.169. The first kappa shape index (κ1) is 18.0. The molecule has 142 valence electrons. The quantitative estimate of drug-likeness (QED) is 0.654. The molecule has 0 N–H and O–H groups in total. The maximum absolute atomic E-state index is 13.4. The Morgan fingerprint density at radius 3 is 2.46 bits per heavy atom. The summed E-state index contributed by atoms with van der Waals surface area (Å²) in [6.07, 6.45) is 0.538. The van der Waals surface area contributed by atoms with Crippen molar-refractivity contribution >= 4 is 17.6 Å². The van der Waals surface area contributed by atoms with E-state index < -0.39 is 5.97 Å². The fourth-order valence-corrected chi connectivity index (χ4v) is 3.45. The van der Waals surface area contributed by atoms with Gasteiger partial charge in [0.1, 0.15) is 5.69 Å². The fourth-order valence-electron chi connectivity index (χ4n) is 3.45. The number of benzene rings is 2. The predicted molar refractivity (Wildman–Crippen MR) is 106 cm³/mol. The van der Waals surface area contributed by atoms with Gasteiger partial charge in [0.05, 0.1) is 12.3 Å². The Bertz CT molecular complexity index is 1020. The molecule has 28 heavy (non-hydrogen) atoms. The number of amides is 1. The van der Waals surface area contributed by atoms with Gasteiger partial charge in [0.15, 0.2) is 5.69 Å². The van der Waals surface area contributed by atoms with Crippen LogP contribution in [-0.2, 0) is 11.2 Å². The lowest BCUT2D eigenvalue weighted by atomic mass is 10.0. The van der Waals surface area contributed by atoms with Crippen LogP contribution in [0, 0.1) is 6.92 Å². The maximum atomic E-state index is 13.4. The molecule has 2 heterocycles. The van der Waals surface area contributed by atoms with Crippen molar-refractivity contribution in [2.75, 3.05) is 18.1 Å². The number of nitrogens with zero attached hydrogens (tertiary/aromatic N) is 3. The van der Waals surface area contributed by atoms with Crippen molar-refractivity contribution in [3.8, 4) is 5.69 Å². The first-order valence-electron chi connectivity index (χ1n) is 9.33. The van der Waals surface area contributed by atoms with Crippen LogP contribution in [0.4, 0.5) is 5.69 Å². The van der Waals surface area contributed by atoms with E-state index in [1.54, 1.807) is 16.5 Å². The number of para-hydroxylation sites is 1. The molecule has 0 spiro atoms. The van der Waals surface area contributed by atoms with Crippen molar-refractivity contribution in [1.82, 2.24) is 9.78 Å². The average Bonchev–Trinajstić information content (AvgIpc) is 3.11. The number of anilines is 1. The molecule has 1 amide bonds. The number of carbonyl (C=O) groups excluding carboxylic acids is 2. The third kappa shape index (κ3) is 3.07. The Morgan fingerprint density at radius 2 is 1.79 bits per heavy atom. The van der Waals surface area contributed by atoms with Crippen LogP contribution >= 0.6 is 0 Å². The molecular weight excluding hydrogens is 354 g/mol. The topological polar surface area (TPSA) is 64.4 Å². The predicted octanol–water partition coefficient (Wildman–Crippen LogP) is 3.56. The van der Waals surface area contributed by atoms with Gasteiger partial charge in [-0.1, -0.05) is 35.9 Å². The van der Waals surface area contributed by atoms with Crippen LogP contribution in [0.25, 0.3) is 5.69 Å². The van der Waals surface area contributed by atoms with Crippen molar-refractivity contribution in [1.29, 1.82) is 0 Å². The second-order valence-electron chi connectivity index (χ2n) is 6.69. The van der Waals surface area contributed by atoms with E-state index in [9.17, 15) is 9.59 Å². The van der Waals surface area contributed by atoms with Crippen LogP contribution in [0.15, 0.2) is 54.6 Å². The standard InChI is InChI=1S/C22H21N3O3/c1-3-28-22(27)19-18-13-14-24(16-11-9-15(2)10-12-16)21(26)20(18)25(23-19)17-7-5-4-6-8-17/h4-12H,3,13-14H2,1-2H3. The lowest BCUT2D eigenvalue weighted by molar-refractivity contribution is 0.0517. The Hall–Kier alpha value is -3.41. The molecule has 1 aliphatic rings. The second-order valence-corrected chi connectivity index (χ2v) is 6.69. The summed E-state index contributed by atoms with van der Waals surface area (Å²) >= 11 is 0. The molecule has 6 nitrogen and oxygen atoms in total. The molecule has 0 saturated heterocycles. The van der Waals surface area contributed by atoms with Crippen LogP contribution < -0.4 is 4.90 Å². The molecular formula is C22H21N3O3. The molecule has 0 fully saturated rings. The summed E-state index contributed by atoms with van der Waals surface area (Å²) in [6.45, 7) is 4.51. The normalized spacial score (nSPS) is 13.4. The molecule has 0 bridgehead atoms.